The van der Waals surface area contributed by atoms with Gasteiger partial charge in [0.15, 0.2) is 5.96 Å². The first-order chi connectivity index (χ1) is 40.7. The number of hydrogen-bond donors (Lipinski definition) is 4. The Kier molecular flexibility index (Phi) is 22.1. The van der Waals surface area contributed by atoms with E-state index in [-0.39, 0.29) is 80.0 Å². The molecule has 0 saturated heterocycles. The molecule has 86 heavy (non-hydrogen) atoms. The van der Waals surface area contributed by atoms with E-state index >= 15 is 0 Å². The monoisotopic (exact) mass is 1340 g/mol. The largest absolute Gasteiger partial charge is 0.471 e. The van der Waals surface area contributed by atoms with Crippen LogP contribution in [0.3, 0.4) is 0 Å². The molecule has 454 valence electrons. The first-order valence-electron chi connectivity index (χ1n) is 25.4. The number of urea groups is 2. The lowest BCUT2D eigenvalue weighted by Crippen LogP contribution is -2.55. The maximum Gasteiger partial charge on any atom is 0.471 e. The number of anilines is 2. The van der Waals surface area contributed by atoms with Crippen molar-refractivity contribution in [3.63, 3.8) is 0 Å². The van der Waals surface area contributed by atoms with Gasteiger partial charge in [0.05, 0.1) is 100 Å². The minimum atomic E-state index is -5.47. The van der Waals surface area contributed by atoms with Crippen LogP contribution in [0.2, 0.25) is 0 Å². The molecule has 2 aliphatic heterocycles. The van der Waals surface area contributed by atoms with Gasteiger partial charge in [-0.2, -0.15) is 50.0 Å². The lowest BCUT2D eigenvalue weighted by molar-refractivity contribution is -0.171. The topological polar surface area (TPSA) is 259 Å². The van der Waals surface area contributed by atoms with Gasteiger partial charge in [0.25, 0.3) is 0 Å². The van der Waals surface area contributed by atoms with Gasteiger partial charge < -0.3 is 35.2 Å². The molecule has 6 rings (SSSR count). The molecule has 0 radical (unpaired) electrons. The zero-order chi connectivity index (χ0) is 63.3. The molecule has 0 unspecified atom stereocenters. The van der Waals surface area contributed by atoms with Gasteiger partial charge in [-0.15, -0.1) is 0 Å². The normalized spacial score (nSPS) is 15.9. The molecule has 0 aliphatic carbocycles. The number of hydrogen-bond acceptors (Lipinski definition) is 12. The average molecular weight is 1340 g/mol. The quantitative estimate of drug-likeness (QED) is 0.0162. The highest BCUT2D eigenvalue weighted by Gasteiger charge is 2.47. The Labute approximate surface area is 500 Å². The number of benzene rings is 4. The van der Waals surface area contributed by atoms with Crippen LogP contribution in [0.5, 0.6) is 0 Å². The van der Waals surface area contributed by atoms with Gasteiger partial charge in [-0.3, -0.25) is 34.5 Å². The zero-order valence-electron chi connectivity index (χ0n) is 44.9. The summed E-state index contributed by atoms with van der Waals surface area (Å²) in [6.07, 6.45) is -15.2. The molecule has 0 saturated carbocycles. The van der Waals surface area contributed by atoms with E-state index < -0.39 is 129 Å². The molecule has 7 amide bonds. The summed E-state index contributed by atoms with van der Waals surface area (Å²) in [4.78, 5) is 104. The van der Waals surface area contributed by atoms with Gasteiger partial charge in [-0.25, -0.2) is 19.2 Å². The van der Waals surface area contributed by atoms with Crippen molar-refractivity contribution in [1.29, 1.82) is 10.5 Å². The number of halogens is 11. The Morgan fingerprint density at radius 1 is 0.593 bits per heavy atom. The van der Waals surface area contributed by atoms with Crippen molar-refractivity contribution in [3.05, 3.63) is 153 Å². The van der Waals surface area contributed by atoms with E-state index in [1.807, 2.05) is 12.1 Å². The summed E-state index contributed by atoms with van der Waals surface area (Å²) >= 11 is 6.49. The SMILES string of the molecule is CCOC(=O)C1=C(CBr)N(c2cccc(C(F)(F)F)c2)C(=O)N(CC(=O)NCCN=C(NCCNC(=O)CN2C(=O)N(c3cccc(C(F)(F)F)c3)C(CBr)=C(C(=O)OCC)[C@H]2c2ccc(C#N)cc2)NC(=O)C(F)(F)F)[C@@H]1c1ccc(C#N)cc1. The number of ether oxygens (including phenoxy) is 2. The number of nitrogens with one attached hydrogen (secondary N) is 4. The second-order valence-electron chi connectivity index (χ2n) is 18.1. The van der Waals surface area contributed by atoms with E-state index in [2.05, 4.69) is 52.8 Å². The number of alkyl halides is 11. The number of nitrogens with zero attached hydrogens (tertiary/aromatic N) is 7. The molecule has 4 aromatic rings. The summed E-state index contributed by atoms with van der Waals surface area (Å²) in [6, 6.07) is 16.7. The third kappa shape index (κ3) is 15.9. The molecule has 2 heterocycles. The highest BCUT2D eigenvalue weighted by Crippen LogP contribution is 2.44. The van der Waals surface area contributed by atoms with Crippen molar-refractivity contribution >= 4 is 90.9 Å². The van der Waals surface area contributed by atoms with E-state index in [0.717, 1.165) is 56.0 Å². The maximum atomic E-state index is 14.7. The van der Waals surface area contributed by atoms with Crippen LogP contribution in [0.1, 0.15) is 59.3 Å². The van der Waals surface area contributed by atoms with Crippen LogP contribution in [-0.4, -0.2) is 127 Å². The second-order valence-corrected chi connectivity index (χ2v) is 19.2. The molecule has 0 spiro atoms. The van der Waals surface area contributed by atoms with Crippen LogP contribution in [0.25, 0.3) is 0 Å². The number of rotatable bonds is 20. The van der Waals surface area contributed by atoms with Gasteiger partial charge in [-0.05, 0) is 85.6 Å². The van der Waals surface area contributed by atoms with Crippen LogP contribution in [-0.2, 0) is 45.8 Å². The minimum Gasteiger partial charge on any atom is -0.463 e. The molecular formula is C55H48Br2F9N11O9. The van der Waals surface area contributed by atoms with Crippen molar-refractivity contribution in [1.82, 2.24) is 31.1 Å². The van der Waals surface area contributed by atoms with Crippen molar-refractivity contribution in [2.75, 3.05) is 72.9 Å². The van der Waals surface area contributed by atoms with Crippen LogP contribution < -0.4 is 31.1 Å². The molecule has 0 aromatic heterocycles. The number of carbonyl (C=O) groups is 7. The zero-order valence-corrected chi connectivity index (χ0v) is 48.1. The lowest BCUT2D eigenvalue weighted by atomic mass is 9.92. The summed E-state index contributed by atoms with van der Waals surface area (Å²) in [5, 5.41) is 27.1. The highest BCUT2D eigenvalue weighted by atomic mass is 79.9. The summed E-state index contributed by atoms with van der Waals surface area (Å²) in [5.41, 5.74) is -3.31. The standard InChI is InChI=1S/C55H48Br2F9N11O9/c1-3-85-47(80)43-39(25-56)76(37-9-5-7-35(23-37)53(58,59)60)51(83)74(45(43)33-15-11-31(27-67)12-16-33)29-41(78)69-19-21-71-50(73-49(82)55(64,65)66)72-22-20-70-42(79)30-75-46(34-17-13-32(28-68)14-18-34)44(48(81)86-4-2)40(26-57)77(52(75)84)38-10-6-8-36(24-38)54(61,62)63/h5-18,23-24,45-46H,3-4,19-22,25-26,29-30H2,1-2H3,(H,69,78)(H,70,79)(H2,71,72,73,82)/t45-,46-/m1/s1. The number of nitriles is 2. The summed E-state index contributed by atoms with van der Waals surface area (Å²) in [5.74, 6) is -7.40. The van der Waals surface area contributed by atoms with Gasteiger partial charge in [0.1, 0.15) is 13.1 Å². The Morgan fingerprint density at radius 2 is 0.988 bits per heavy atom. The van der Waals surface area contributed by atoms with Crippen LogP contribution >= 0.6 is 31.9 Å². The Bertz CT molecular complexity index is 3420. The molecule has 0 bridgehead atoms. The summed E-state index contributed by atoms with van der Waals surface area (Å²) in [6.45, 7) is -1.48. The van der Waals surface area contributed by atoms with Crippen molar-refractivity contribution < 1.29 is 82.5 Å². The molecule has 20 nitrogen and oxygen atoms in total. The Balaban J connectivity index is 1.23. The van der Waals surface area contributed by atoms with Crippen LogP contribution in [0, 0.1) is 22.7 Å². The summed E-state index contributed by atoms with van der Waals surface area (Å²) in [7, 11) is 0. The third-order valence-electron chi connectivity index (χ3n) is 12.6. The van der Waals surface area contributed by atoms with Crippen molar-refractivity contribution in [2.24, 2.45) is 4.99 Å². The molecule has 31 heteroatoms. The number of allylic oxidation sites excluding steroid dienone is 2. The van der Waals surface area contributed by atoms with E-state index in [4.69, 9.17) is 9.47 Å². The van der Waals surface area contributed by atoms with E-state index in [1.165, 1.54) is 67.7 Å². The average Bonchev–Trinajstić information content (AvgIpc) is 0.784. The number of amides is 7. The first kappa shape index (κ1) is 66.2. The van der Waals surface area contributed by atoms with Crippen LogP contribution in [0.15, 0.2) is 125 Å². The molecular weight excluding hydrogens is 1290 g/mol. The fraction of sp³-hybridized carbons (Fsp3) is 0.309. The predicted molar refractivity (Wildman–Crippen MR) is 295 cm³/mol. The van der Waals surface area contributed by atoms with Crippen LogP contribution in [0.4, 0.5) is 60.5 Å². The summed E-state index contributed by atoms with van der Waals surface area (Å²) < 4.78 is 135. The Hall–Kier alpha value is -8.97. The van der Waals surface area contributed by atoms with Gasteiger partial charge >= 0.3 is 48.4 Å². The Morgan fingerprint density at radius 3 is 1.35 bits per heavy atom. The van der Waals surface area contributed by atoms with Crippen molar-refractivity contribution in [3.8, 4) is 12.1 Å². The molecule has 0 fully saturated rings. The molecule has 2 aliphatic rings. The number of aliphatic imine (C=N–C) groups is 1. The highest BCUT2D eigenvalue weighted by molar-refractivity contribution is 9.09. The molecule has 4 N–H and O–H groups in total. The second kappa shape index (κ2) is 28.7. The van der Waals surface area contributed by atoms with E-state index in [9.17, 15) is 83.6 Å². The van der Waals surface area contributed by atoms with Gasteiger partial charge in [0.2, 0.25) is 11.8 Å². The van der Waals surface area contributed by atoms with Gasteiger partial charge in [-0.1, -0.05) is 68.3 Å². The van der Waals surface area contributed by atoms with E-state index in [0.29, 0.717) is 12.1 Å². The fourth-order valence-corrected chi connectivity index (χ4v) is 9.97. The predicted octanol–water partition coefficient (Wildman–Crippen LogP) is 8.42. The lowest BCUT2D eigenvalue weighted by Gasteiger charge is -2.43. The fourth-order valence-electron chi connectivity index (χ4n) is 8.87. The minimum absolute atomic E-state index is 0.155. The molecule has 4 aromatic carbocycles. The first-order valence-corrected chi connectivity index (χ1v) is 27.6. The number of carbonyl (C=O) groups excluding carboxylic acids is 7. The molecule has 2 atom stereocenters. The number of esters is 2. The van der Waals surface area contributed by atoms with Gasteiger partial charge in [0, 0.05) is 30.3 Å². The third-order valence-corrected chi connectivity index (χ3v) is 13.6. The van der Waals surface area contributed by atoms with E-state index in [1.54, 1.807) is 0 Å². The van der Waals surface area contributed by atoms with Crippen molar-refractivity contribution in [2.45, 2.75) is 44.5 Å². The maximum absolute atomic E-state index is 14.7. The number of guanidine groups is 1. The smallest absolute Gasteiger partial charge is 0.463 e.